The fourth-order valence-electron chi connectivity index (χ4n) is 3.51. The summed E-state index contributed by atoms with van der Waals surface area (Å²) in [5.74, 6) is -0.763. The zero-order chi connectivity index (χ0) is 23.2. The molecule has 1 aliphatic heterocycles. The Hall–Kier alpha value is -4.39. The Labute approximate surface area is 191 Å². The van der Waals surface area contributed by atoms with Crippen molar-refractivity contribution in [2.45, 2.75) is 19.6 Å². The van der Waals surface area contributed by atoms with Crippen molar-refractivity contribution in [3.63, 3.8) is 0 Å². The van der Waals surface area contributed by atoms with Crippen molar-refractivity contribution in [3.05, 3.63) is 113 Å². The maximum absolute atomic E-state index is 13.0. The molecule has 0 saturated heterocycles. The van der Waals surface area contributed by atoms with E-state index in [0.29, 0.717) is 22.6 Å². The van der Waals surface area contributed by atoms with Gasteiger partial charge in [0, 0.05) is 5.70 Å². The number of allylic oxidation sites excluding steroid dienone is 1. The average Bonchev–Trinajstić information content (AvgIpc) is 2.83. The summed E-state index contributed by atoms with van der Waals surface area (Å²) < 4.78 is 11.0. The summed E-state index contributed by atoms with van der Waals surface area (Å²) in [5, 5.41) is 5.38. The van der Waals surface area contributed by atoms with Gasteiger partial charge in [0.25, 0.3) is 0 Å². The molecule has 2 N–H and O–H groups in total. The van der Waals surface area contributed by atoms with Crippen molar-refractivity contribution in [3.8, 4) is 5.75 Å². The summed E-state index contributed by atoms with van der Waals surface area (Å²) in [6, 6.07) is 23.4. The number of urea groups is 1. The molecular weight excluding hydrogens is 420 g/mol. The maximum Gasteiger partial charge on any atom is 0.343 e. The Morgan fingerprint density at radius 2 is 1.58 bits per heavy atom. The number of esters is 2. The maximum atomic E-state index is 13.0. The molecule has 1 atom stereocenters. The molecule has 0 saturated carbocycles. The molecule has 3 aromatic rings. The van der Waals surface area contributed by atoms with Crippen LogP contribution in [-0.4, -0.2) is 18.0 Å². The summed E-state index contributed by atoms with van der Waals surface area (Å²) >= 11 is 0. The lowest BCUT2D eigenvalue weighted by atomic mass is 9.95. The lowest BCUT2D eigenvalue weighted by molar-refractivity contribution is -0.140. The van der Waals surface area contributed by atoms with E-state index in [1.807, 2.05) is 36.4 Å². The van der Waals surface area contributed by atoms with E-state index in [1.165, 1.54) is 0 Å². The highest BCUT2D eigenvalue weighted by Gasteiger charge is 2.32. The Bertz CT molecular complexity index is 1210. The molecule has 33 heavy (non-hydrogen) atoms. The third-order valence-corrected chi connectivity index (χ3v) is 5.11. The standard InChI is InChI=1S/C26H22N2O5/c1-17-22(25(30)32-16-18-9-4-2-5-10-18)23(28-26(31)27-17)20-13-8-14-21(15-20)33-24(29)19-11-6-3-7-12-19/h2-15,23H,16H2,1H3,(H2,27,28,31). The molecule has 1 heterocycles. The summed E-state index contributed by atoms with van der Waals surface area (Å²) in [4.78, 5) is 37.5. The Balaban J connectivity index is 1.56. The van der Waals surface area contributed by atoms with Crippen LogP contribution in [0.15, 0.2) is 96.2 Å². The SMILES string of the molecule is CC1=C(C(=O)OCc2ccccc2)C(c2cccc(OC(=O)c3ccccc3)c2)NC(=O)N1. The normalized spacial score (nSPS) is 15.3. The van der Waals surface area contributed by atoms with Crippen molar-refractivity contribution < 1.29 is 23.9 Å². The number of hydrogen-bond donors (Lipinski definition) is 2. The number of carbonyl (C=O) groups is 3. The van der Waals surface area contributed by atoms with E-state index in [1.54, 1.807) is 55.5 Å². The van der Waals surface area contributed by atoms with Gasteiger partial charge < -0.3 is 20.1 Å². The van der Waals surface area contributed by atoms with Crippen LogP contribution in [0.1, 0.15) is 34.5 Å². The summed E-state index contributed by atoms with van der Waals surface area (Å²) in [5.41, 5.74) is 2.52. The molecule has 0 fully saturated rings. The molecule has 0 bridgehead atoms. The predicted octanol–water partition coefficient (Wildman–Crippen LogP) is 4.28. The minimum atomic E-state index is -0.766. The van der Waals surface area contributed by atoms with Gasteiger partial charge in [-0.1, -0.05) is 60.7 Å². The van der Waals surface area contributed by atoms with Crippen molar-refractivity contribution in [2.24, 2.45) is 0 Å². The zero-order valence-electron chi connectivity index (χ0n) is 17.9. The Morgan fingerprint density at radius 3 is 2.30 bits per heavy atom. The molecule has 2 amide bonds. The van der Waals surface area contributed by atoms with Gasteiger partial charge in [0.05, 0.1) is 17.2 Å². The van der Waals surface area contributed by atoms with Gasteiger partial charge in [-0.15, -0.1) is 0 Å². The van der Waals surface area contributed by atoms with E-state index in [-0.39, 0.29) is 12.2 Å². The number of hydrogen-bond acceptors (Lipinski definition) is 5. The van der Waals surface area contributed by atoms with Gasteiger partial charge in [-0.25, -0.2) is 14.4 Å². The van der Waals surface area contributed by atoms with Gasteiger partial charge in [-0.3, -0.25) is 0 Å². The first-order chi connectivity index (χ1) is 16.0. The van der Waals surface area contributed by atoms with E-state index >= 15 is 0 Å². The van der Waals surface area contributed by atoms with Gasteiger partial charge in [-0.2, -0.15) is 0 Å². The second-order valence-electron chi connectivity index (χ2n) is 7.46. The van der Waals surface area contributed by atoms with E-state index < -0.39 is 24.0 Å². The molecule has 4 rings (SSSR count). The number of nitrogens with one attached hydrogen (secondary N) is 2. The number of ether oxygens (including phenoxy) is 2. The van der Waals surface area contributed by atoms with Crippen LogP contribution in [0, 0.1) is 0 Å². The monoisotopic (exact) mass is 442 g/mol. The number of benzene rings is 3. The van der Waals surface area contributed by atoms with Crippen molar-refractivity contribution >= 4 is 18.0 Å². The first-order valence-corrected chi connectivity index (χ1v) is 10.4. The fourth-order valence-corrected chi connectivity index (χ4v) is 3.51. The molecule has 0 aromatic heterocycles. The first kappa shape index (κ1) is 21.8. The van der Waals surface area contributed by atoms with E-state index in [0.717, 1.165) is 5.56 Å². The third-order valence-electron chi connectivity index (χ3n) is 5.11. The van der Waals surface area contributed by atoms with Crippen LogP contribution in [-0.2, 0) is 16.1 Å². The molecule has 7 nitrogen and oxygen atoms in total. The molecule has 3 aromatic carbocycles. The minimum absolute atomic E-state index is 0.103. The molecule has 0 spiro atoms. The molecule has 7 heteroatoms. The van der Waals surface area contributed by atoms with Gasteiger partial charge in [0.15, 0.2) is 0 Å². The second kappa shape index (κ2) is 9.82. The molecule has 1 aliphatic rings. The number of amides is 2. The van der Waals surface area contributed by atoms with Crippen LogP contribution in [0.5, 0.6) is 5.75 Å². The second-order valence-corrected chi connectivity index (χ2v) is 7.46. The van der Waals surface area contributed by atoms with E-state index in [2.05, 4.69) is 10.6 Å². The minimum Gasteiger partial charge on any atom is -0.457 e. The third kappa shape index (κ3) is 5.27. The van der Waals surface area contributed by atoms with Crippen molar-refractivity contribution in [1.29, 1.82) is 0 Å². The summed E-state index contributed by atoms with van der Waals surface area (Å²) in [6.45, 7) is 1.75. The van der Waals surface area contributed by atoms with Crippen molar-refractivity contribution in [2.75, 3.05) is 0 Å². The summed E-state index contributed by atoms with van der Waals surface area (Å²) in [6.07, 6.45) is 0. The smallest absolute Gasteiger partial charge is 0.343 e. The number of rotatable bonds is 6. The molecule has 0 radical (unpaired) electrons. The van der Waals surface area contributed by atoms with Crippen LogP contribution in [0.3, 0.4) is 0 Å². The average molecular weight is 442 g/mol. The first-order valence-electron chi connectivity index (χ1n) is 10.4. The lowest BCUT2D eigenvalue weighted by Gasteiger charge is -2.28. The Morgan fingerprint density at radius 1 is 0.879 bits per heavy atom. The van der Waals surface area contributed by atoms with Crippen LogP contribution in [0.2, 0.25) is 0 Å². The Kier molecular flexibility index (Phi) is 6.50. The molecule has 1 unspecified atom stereocenters. The number of carbonyl (C=O) groups excluding carboxylic acids is 3. The van der Waals surface area contributed by atoms with Crippen LogP contribution in [0.4, 0.5) is 4.79 Å². The highest BCUT2D eigenvalue weighted by molar-refractivity contribution is 5.95. The summed E-state index contributed by atoms with van der Waals surface area (Å²) in [7, 11) is 0. The van der Waals surface area contributed by atoms with Crippen LogP contribution >= 0.6 is 0 Å². The van der Waals surface area contributed by atoms with Crippen molar-refractivity contribution in [1.82, 2.24) is 10.6 Å². The lowest BCUT2D eigenvalue weighted by Crippen LogP contribution is -2.45. The van der Waals surface area contributed by atoms with Gasteiger partial charge in [-0.05, 0) is 42.3 Å². The fraction of sp³-hybridized carbons (Fsp3) is 0.115. The quantitative estimate of drug-likeness (QED) is 0.439. The van der Waals surface area contributed by atoms with Crippen LogP contribution < -0.4 is 15.4 Å². The topological polar surface area (TPSA) is 93.7 Å². The highest BCUT2D eigenvalue weighted by atomic mass is 16.5. The van der Waals surface area contributed by atoms with E-state index in [9.17, 15) is 14.4 Å². The largest absolute Gasteiger partial charge is 0.457 e. The molecule has 166 valence electrons. The zero-order valence-corrected chi connectivity index (χ0v) is 17.9. The molecular formula is C26H22N2O5. The van der Waals surface area contributed by atoms with Gasteiger partial charge in [0.2, 0.25) is 0 Å². The predicted molar refractivity (Wildman–Crippen MR) is 121 cm³/mol. The van der Waals surface area contributed by atoms with Gasteiger partial charge in [0.1, 0.15) is 12.4 Å². The van der Waals surface area contributed by atoms with Crippen LogP contribution in [0.25, 0.3) is 0 Å². The highest BCUT2D eigenvalue weighted by Crippen LogP contribution is 2.30. The van der Waals surface area contributed by atoms with E-state index in [4.69, 9.17) is 9.47 Å². The molecule has 0 aliphatic carbocycles. The van der Waals surface area contributed by atoms with Gasteiger partial charge >= 0.3 is 18.0 Å².